The number of phenolic OH excluding ortho intramolecular Hbond substituents is 1. The van der Waals surface area contributed by atoms with Crippen molar-refractivity contribution >= 4 is 0 Å². The Hall–Kier alpha value is -1.10. The molecule has 1 aromatic carbocycles. The van der Waals surface area contributed by atoms with Crippen LogP contribution in [0.2, 0.25) is 0 Å². The van der Waals surface area contributed by atoms with Crippen LogP contribution in [0.25, 0.3) is 0 Å². The first-order chi connectivity index (χ1) is 13.2. The number of hydrogen-bond donors (Lipinski definition) is 1. The third kappa shape index (κ3) is 3.20. The molecule has 4 bridgehead atoms. The van der Waals surface area contributed by atoms with Gasteiger partial charge in [0.2, 0.25) is 5.79 Å². The van der Waals surface area contributed by atoms with Gasteiger partial charge in [-0.25, -0.2) is 9.78 Å². The lowest BCUT2D eigenvalue weighted by atomic mass is 9.53. The lowest BCUT2D eigenvalue weighted by molar-refractivity contribution is -0.485. The summed E-state index contributed by atoms with van der Waals surface area (Å²) < 4.78 is 6.03. The number of rotatable bonds is 5. The van der Waals surface area contributed by atoms with Gasteiger partial charge in [-0.1, -0.05) is 12.1 Å². The molecule has 1 aromatic rings. The van der Waals surface area contributed by atoms with Crippen molar-refractivity contribution in [1.82, 2.24) is 0 Å². The third-order valence-electron chi connectivity index (χ3n) is 7.93. The summed E-state index contributed by atoms with van der Waals surface area (Å²) in [6, 6.07) is 7.69. The molecule has 5 aliphatic carbocycles. The van der Waals surface area contributed by atoms with Gasteiger partial charge in [0, 0.05) is 18.9 Å². The van der Waals surface area contributed by atoms with Gasteiger partial charge in [-0.05, 0) is 93.2 Å². The van der Waals surface area contributed by atoms with Gasteiger partial charge in [-0.15, -0.1) is 0 Å². The summed E-state index contributed by atoms with van der Waals surface area (Å²) in [5, 5.41) is 9.72. The van der Waals surface area contributed by atoms with Crippen LogP contribution in [-0.4, -0.2) is 24.1 Å². The van der Waals surface area contributed by atoms with E-state index < -0.39 is 5.79 Å². The molecule has 148 valence electrons. The summed E-state index contributed by atoms with van der Waals surface area (Å²) >= 11 is 0. The Labute approximate surface area is 162 Å². The fourth-order valence-corrected chi connectivity index (χ4v) is 6.76. The van der Waals surface area contributed by atoms with E-state index in [1.54, 1.807) is 6.07 Å². The van der Waals surface area contributed by atoms with Gasteiger partial charge >= 0.3 is 0 Å². The van der Waals surface area contributed by atoms with Gasteiger partial charge in [0.25, 0.3) is 0 Å². The monoisotopic (exact) mass is 372 g/mol. The second-order valence-electron chi connectivity index (χ2n) is 9.48. The SMILES string of the molecule is COC1(OOC2CCC(c3cccc(O)c3)CC2)C2CC3CC(C2)CC1C3. The van der Waals surface area contributed by atoms with E-state index in [9.17, 15) is 5.11 Å². The molecule has 0 saturated heterocycles. The first kappa shape index (κ1) is 18.0. The van der Waals surface area contributed by atoms with Crippen LogP contribution in [0, 0.1) is 23.7 Å². The summed E-state index contributed by atoms with van der Waals surface area (Å²) in [5.74, 6) is 3.14. The quantitative estimate of drug-likeness (QED) is 0.440. The Balaban J connectivity index is 1.19. The Morgan fingerprint density at radius 3 is 2.19 bits per heavy atom. The minimum Gasteiger partial charge on any atom is -0.508 e. The predicted molar refractivity (Wildman–Crippen MR) is 102 cm³/mol. The second kappa shape index (κ2) is 7.06. The van der Waals surface area contributed by atoms with Gasteiger partial charge in [0.15, 0.2) is 0 Å². The molecule has 5 saturated carbocycles. The zero-order chi connectivity index (χ0) is 18.4. The minimum absolute atomic E-state index is 0.155. The first-order valence-electron chi connectivity index (χ1n) is 10.8. The van der Waals surface area contributed by atoms with Crippen LogP contribution in [-0.2, 0) is 14.5 Å². The van der Waals surface area contributed by atoms with E-state index in [0.29, 0.717) is 23.5 Å². The maximum atomic E-state index is 9.72. The van der Waals surface area contributed by atoms with Crippen molar-refractivity contribution in [3.63, 3.8) is 0 Å². The van der Waals surface area contributed by atoms with E-state index in [2.05, 4.69) is 6.07 Å². The van der Waals surface area contributed by atoms with Crippen molar-refractivity contribution in [2.24, 2.45) is 23.7 Å². The Morgan fingerprint density at radius 2 is 1.59 bits per heavy atom. The summed E-state index contributed by atoms with van der Waals surface area (Å²) in [7, 11) is 1.81. The molecule has 6 rings (SSSR count). The third-order valence-corrected chi connectivity index (χ3v) is 7.93. The standard InChI is InChI=1S/C23H32O4/c1-25-23(19-10-15-9-16(12-19)13-20(23)11-15)27-26-22-7-5-17(6-8-22)18-3-2-4-21(24)14-18/h2-4,14-17,19-20,22,24H,5-13H2,1H3. The normalized spacial score (nSPS) is 43.1. The Kier molecular flexibility index (Phi) is 4.69. The van der Waals surface area contributed by atoms with E-state index in [0.717, 1.165) is 37.5 Å². The van der Waals surface area contributed by atoms with Crippen LogP contribution in [0.3, 0.4) is 0 Å². The maximum Gasteiger partial charge on any atom is 0.207 e. The molecule has 0 aliphatic heterocycles. The van der Waals surface area contributed by atoms with Crippen molar-refractivity contribution in [2.75, 3.05) is 7.11 Å². The average Bonchev–Trinajstić information content (AvgIpc) is 2.68. The second-order valence-corrected chi connectivity index (χ2v) is 9.48. The molecule has 5 aliphatic rings. The molecule has 0 amide bonds. The van der Waals surface area contributed by atoms with Gasteiger partial charge < -0.3 is 9.84 Å². The molecule has 27 heavy (non-hydrogen) atoms. The van der Waals surface area contributed by atoms with Crippen molar-refractivity contribution in [2.45, 2.75) is 75.6 Å². The highest BCUT2D eigenvalue weighted by atomic mass is 17.2. The van der Waals surface area contributed by atoms with Gasteiger partial charge in [0.05, 0.1) is 6.10 Å². The summed E-state index contributed by atoms with van der Waals surface area (Å²) in [6.07, 6.45) is 10.7. The van der Waals surface area contributed by atoms with E-state index in [1.165, 1.54) is 37.7 Å². The number of ether oxygens (including phenoxy) is 1. The number of phenols is 1. The van der Waals surface area contributed by atoms with Crippen LogP contribution in [0.5, 0.6) is 5.75 Å². The fourth-order valence-electron chi connectivity index (χ4n) is 6.76. The Morgan fingerprint density at radius 1 is 0.926 bits per heavy atom. The minimum atomic E-state index is -0.504. The molecule has 0 atom stereocenters. The van der Waals surface area contributed by atoms with Crippen LogP contribution < -0.4 is 0 Å². The van der Waals surface area contributed by atoms with Crippen LogP contribution >= 0.6 is 0 Å². The molecule has 0 heterocycles. The van der Waals surface area contributed by atoms with E-state index >= 15 is 0 Å². The van der Waals surface area contributed by atoms with Crippen molar-refractivity contribution in [3.8, 4) is 5.75 Å². The largest absolute Gasteiger partial charge is 0.508 e. The maximum absolute atomic E-state index is 9.72. The predicted octanol–water partition coefficient (Wildman–Crippen LogP) is 5.17. The lowest BCUT2D eigenvalue weighted by Crippen LogP contribution is -2.60. The Bertz CT molecular complexity index is 636. The van der Waals surface area contributed by atoms with Gasteiger partial charge in [-0.3, -0.25) is 0 Å². The van der Waals surface area contributed by atoms with Crippen molar-refractivity contribution < 1.29 is 19.6 Å². The molecule has 4 nitrogen and oxygen atoms in total. The number of benzene rings is 1. The highest BCUT2D eigenvalue weighted by Crippen LogP contribution is 2.60. The molecule has 0 aromatic heterocycles. The fraction of sp³-hybridized carbons (Fsp3) is 0.739. The lowest BCUT2D eigenvalue weighted by Gasteiger charge is -2.58. The van der Waals surface area contributed by atoms with Crippen molar-refractivity contribution in [1.29, 1.82) is 0 Å². The number of aromatic hydroxyl groups is 1. The summed E-state index contributed by atoms with van der Waals surface area (Å²) in [6.45, 7) is 0. The van der Waals surface area contributed by atoms with Crippen molar-refractivity contribution in [3.05, 3.63) is 29.8 Å². The molecular formula is C23H32O4. The van der Waals surface area contributed by atoms with E-state index in [4.69, 9.17) is 14.5 Å². The number of hydrogen-bond acceptors (Lipinski definition) is 4. The average molecular weight is 373 g/mol. The van der Waals surface area contributed by atoms with Gasteiger partial charge in [-0.2, -0.15) is 0 Å². The molecule has 0 radical (unpaired) electrons. The topological polar surface area (TPSA) is 47.9 Å². The van der Waals surface area contributed by atoms with Gasteiger partial charge in [0.1, 0.15) is 5.75 Å². The molecular weight excluding hydrogens is 340 g/mol. The van der Waals surface area contributed by atoms with E-state index in [-0.39, 0.29) is 6.10 Å². The summed E-state index contributed by atoms with van der Waals surface area (Å²) in [5.41, 5.74) is 1.24. The molecule has 1 N–H and O–H groups in total. The zero-order valence-corrected chi connectivity index (χ0v) is 16.3. The molecule has 0 spiro atoms. The summed E-state index contributed by atoms with van der Waals surface area (Å²) in [4.78, 5) is 12.2. The molecule has 4 heteroatoms. The first-order valence-corrected chi connectivity index (χ1v) is 10.8. The highest BCUT2D eigenvalue weighted by Gasteiger charge is 2.60. The smallest absolute Gasteiger partial charge is 0.207 e. The number of methoxy groups -OCH3 is 1. The zero-order valence-electron chi connectivity index (χ0n) is 16.3. The van der Waals surface area contributed by atoms with E-state index in [1.807, 2.05) is 19.2 Å². The van der Waals surface area contributed by atoms with Crippen LogP contribution in [0.1, 0.15) is 69.3 Å². The molecule has 5 fully saturated rings. The molecule has 0 unspecified atom stereocenters. The highest BCUT2D eigenvalue weighted by molar-refractivity contribution is 5.29. The van der Waals surface area contributed by atoms with Crippen LogP contribution in [0.15, 0.2) is 24.3 Å². The van der Waals surface area contributed by atoms with Crippen LogP contribution in [0.4, 0.5) is 0 Å².